The number of hydrogen-bond acceptors (Lipinski definition) is 3. The first-order valence-electron chi connectivity index (χ1n) is 8.78. The topological polar surface area (TPSA) is 20.6 Å². The SMILES string of the molecule is COc1ccccc1C(c1ccc(CN2CCCC2)n1C)N(C)C. The van der Waals surface area contributed by atoms with E-state index in [2.05, 4.69) is 59.8 Å². The fourth-order valence-electron chi connectivity index (χ4n) is 3.77. The summed E-state index contributed by atoms with van der Waals surface area (Å²) in [4.78, 5) is 4.81. The zero-order chi connectivity index (χ0) is 17.1. The Morgan fingerprint density at radius 1 is 1.08 bits per heavy atom. The Kier molecular flexibility index (Phi) is 5.27. The van der Waals surface area contributed by atoms with Gasteiger partial charge < -0.3 is 9.30 Å². The fourth-order valence-corrected chi connectivity index (χ4v) is 3.77. The van der Waals surface area contributed by atoms with E-state index in [-0.39, 0.29) is 6.04 Å². The molecule has 0 amide bonds. The molecule has 2 aromatic rings. The molecule has 1 fully saturated rings. The summed E-state index contributed by atoms with van der Waals surface area (Å²) in [5, 5.41) is 0. The molecule has 24 heavy (non-hydrogen) atoms. The zero-order valence-corrected chi connectivity index (χ0v) is 15.3. The highest BCUT2D eigenvalue weighted by Crippen LogP contribution is 2.34. The van der Waals surface area contributed by atoms with Crippen molar-refractivity contribution < 1.29 is 4.74 Å². The smallest absolute Gasteiger partial charge is 0.124 e. The molecule has 0 saturated carbocycles. The molecule has 2 heterocycles. The Hall–Kier alpha value is -1.78. The Labute approximate surface area is 145 Å². The maximum absolute atomic E-state index is 5.61. The molecule has 0 bridgehead atoms. The molecular weight excluding hydrogens is 298 g/mol. The van der Waals surface area contributed by atoms with Gasteiger partial charge in [-0.2, -0.15) is 0 Å². The molecule has 1 aromatic carbocycles. The minimum absolute atomic E-state index is 0.179. The summed E-state index contributed by atoms with van der Waals surface area (Å²) in [7, 11) is 8.19. The summed E-state index contributed by atoms with van der Waals surface area (Å²) in [5.74, 6) is 0.943. The van der Waals surface area contributed by atoms with Crippen molar-refractivity contribution in [3.8, 4) is 5.75 Å². The van der Waals surface area contributed by atoms with Crippen molar-refractivity contribution in [2.24, 2.45) is 7.05 Å². The lowest BCUT2D eigenvalue weighted by Gasteiger charge is -2.27. The van der Waals surface area contributed by atoms with Crippen LogP contribution in [0.15, 0.2) is 36.4 Å². The molecule has 1 aromatic heterocycles. The molecule has 1 saturated heterocycles. The number of aromatic nitrogens is 1. The quantitative estimate of drug-likeness (QED) is 0.812. The van der Waals surface area contributed by atoms with Crippen LogP contribution in [0.2, 0.25) is 0 Å². The fraction of sp³-hybridized carbons (Fsp3) is 0.500. The van der Waals surface area contributed by atoms with E-state index in [1.807, 2.05) is 12.1 Å². The molecule has 4 nitrogen and oxygen atoms in total. The van der Waals surface area contributed by atoms with Crippen LogP contribution >= 0.6 is 0 Å². The first-order valence-corrected chi connectivity index (χ1v) is 8.78. The average Bonchev–Trinajstić information content (AvgIpc) is 3.21. The number of hydrogen-bond donors (Lipinski definition) is 0. The van der Waals surface area contributed by atoms with Crippen molar-refractivity contribution in [3.63, 3.8) is 0 Å². The lowest BCUT2D eigenvalue weighted by Crippen LogP contribution is -2.25. The summed E-state index contributed by atoms with van der Waals surface area (Å²) < 4.78 is 7.96. The van der Waals surface area contributed by atoms with Crippen molar-refractivity contribution in [1.29, 1.82) is 0 Å². The lowest BCUT2D eigenvalue weighted by molar-refractivity contribution is 0.307. The predicted octanol–water partition coefficient (Wildman–Crippen LogP) is 3.28. The van der Waals surface area contributed by atoms with Gasteiger partial charge in [0.15, 0.2) is 0 Å². The molecule has 0 spiro atoms. The summed E-state index contributed by atoms with van der Waals surface area (Å²) >= 11 is 0. The van der Waals surface area contributed by atoms with Crippen molar-refractivity contribution >= 4 is 0 Å². The van der Waals surface area contributed by atoms with Gasteiger partial charge in [0.25, 0.3) is 0 Å². The van der Waals surface area contributed by atoms with Crippen molar-refractivity contribution in [2.75, 3.05) is 34.3 Å². The van der Waals surface area contributed by atoms with E-state index in [1.54, 1.807) is 7.11 Å². The van der Waals surface area contributed by atoms with Gasteiger partial charge in [0.05, 0.1) is 13.2 Å². The predicted molar refractivity (Wildman–Crippen MR) is 98.4 cm³/mol. The van der Waals surface area contributed by atoms with Crippen molar-refractivity contribution in [2.45, 2.75) is 25.4 Å². The first-order chi connectivity index (χ1) is 11.6. The van der Waals surface area contributed by atoms with Crippen LogP contribution in [0.3, 0.4) is 0 Å². The van der Waals surface area contributed by atoms with Crippen LogP contribution in [0.25, 0.3) is 0 Å². The van der Waals surface area contributed by atoms with E-state index < -0.39 is 0 Å². The van der Waals surface area contributed by atoms with E-state index in [0.717, 1.165) is 12.3 Å². The second kappa shape index (κ2) is 7.41. The molecule has 4 heteroatoms. The number of para-hydroxylation sites is 1. The molecule has 1 aliphatic rings. The van der Waals surface area contributed by atoms with E-state index in [4.69, 9.17) is 4.74 Å². The van der Waals surface area contributed by atoms with Crippen molar-refractivity contribution in [1.82, 2.24) is 14.4 Å². The van der Waals surface area contributed by atoms with Gasteiger partial charge in [-0.25, -0.2) is 0 Å². The third-order valence-corrected chi connectivity index (χ3v) is 5.08. The summed E-state index contributed by atoms with van der Waals surface area (Å²) in [6, 6.07) is 13.0. The Morgan fingerprint density at radius 3 is 2.46 bits per heavy atom. The van der Waals surface area contributed by atoms with Crippen LogP contribution in [-0.2, 0) is 13.6 Å². The van der Waals surface area contributed by atoms with Crippen LogP contribution in [0.5, 0.6) is 5.75 Å². The molecule has 0 aliphatic carbocycles. The maximum Gasteiger partial charge on any atom is 0.124 e. The van der Waals surface area contributed by atoms with Crippen LogP contribution in [-0.4, -0.2) is 48.7 Å². The van der Waals surface area contributed by atoms with Crippen LogP contribution in [0, 0.1) is 0 Å². The van der Waals surface area contributed by atoms with E-state index in [0.29, 0.717) is 0 Å². The maximum atomic E-state index is 5.61. The second-order valence-corrected chi connectivity index (χ2v) is 6.90. The minimum atomic E-state index is 0.179. The van der Waals surface area contributed by atoms with Gasteiger partial charge >= 0.3 is 0 Å². The van der Waals surface area contributed by atoms with E-state index >= 15 is 0 Å². The van der Waals surface area contributed by atoms with Crippen LogP contribution in [0.4, 0.5) is 0 Å². The molecule has 1 atom stereocenters. The van der Waals surface area contributed by atoms with Gasteiger partial charge in [-0.05, 0) is 58.2 Å². The van der Waals surface area contributed by atoms with E-state index in [1.165, 1.54) is 42.9 Å². The van der Waals surface area contributed by atoms with Gasteiger partial charge in [0, 0.05) is 30.5 Å². The normalized spacial score (nSPS) is 16.7. The van der Waals surface area contributed by atoms with Gasteiger partial charge in [0.1, 0.15) is 5.75 Å². The third-order valence-electron chi connectivity index (χ3n) is 5.08. The van der Waals surface area contributed by atoms with Gasteiger partial charge in [0.2, 0.25) is 0 Å². The second-order valence-electron chi connectivity index (χ2n) is 6.90. The van der Waals surface area contributed by atoms with E-state index in [9.17, 15) is 0 Å². The number of methoxy groups -OCH3 is 1. The molecule has 1 aliphatic heterocycles. The number of ether oxygens (including phenoxy) is 1. The highest BCUT2D eigenvalue weighted by atomic mass is 16.5. The number of nitrogens with zero attached hydrogens (tertiary/aromatic N) is 3. The minimum Gasteiger partial charge on any atom is -0.496 e. The summed E-state index contributed by atoms with van der Waals surface area (Å²) in [5.41, 5.74) is 3.89. The number of benzene rings is 1. The molecular formula is C20H29N3O. The summed E-state index contributed by atoms with van der Waals surface area (Å²) in [6.45, 7) is 3.50. The first kappa shape index (κ1) is 17.1. The van der Waals surface area contributed by atoms with Gasteiger partial charge in [-0.15, -0.1) is 0 Å². The Bertz CT molecular complexity index is 671. The molecule has 3 rings (SSSR count). The van der Waals surface area contributed by atoms with Gasteiger partial charge in [-0.1, -0.05) is 18.2 Å². The lowest BCUT2D eigenvalue weighted by atomic mass is 10.0. The number of likely N-dealkylation sites (tertiary alicyclic amines) is 1. The van der Waals surface area contributed by atoms with Crippen LogP contribution < -0.4 is 4.74 Å². The van der Waals surface area contributed by atoms with Crippen molar-refractivity contribution in [3.05, 3.63) is 53.3 Å². The highest BCUT2D eigenvalue weighted by Gasteiger charge is 2.24. The highest BCUT2D eigenvalue weighted by molar-refractivity contribution is 5.41. The zero-order valence-electron chi connectivity index (χ0n) is 15.3. The molecule has 1 unspecified atom stereocenters. The summed E-state index contributed by atoms with van der Waals surface area (Å²) in [6.07, 6.45) is 2.66. The monoisotopic (exact) mass is 327 g/mol. The molecule has 130 valence electrons. The van der Waals surface area contributed by atoms with Gasteiger partial charge in [-0.3, -0.25) is 9.80 Å². The third kappa shape index (κ3) is 3.35. The number of rotatable bonds is 6. The average molecular weight is 327 g/mol. The molecule has 0 radical (unpaired) electrons. The Morgan fingerprint density at radius 2 is 1.79 bits per heavy atom. The Balaban J connectivity index is 1.93. The standard InChI is InChI=1S/C20H29N3O/c1-21(2)20(17-9-5-6-10-19(17)24-4)18-12-11-16(22(18)3)15-23-13-7-8-14-23/h5-6,9-12,20H,7-8,13-15H2,1-4H3. The molecule has 0 N–H and O–H groups in total. The largest absolute Gasteiger partial charge is 0.496 e. The van der Waals surface area contributed by atoms with Crippen LogP contribution in [0.1, 0.15) is 35.8 Å².